The first-order chi connectivity index (χ1) is 5.70. The highest BCUT2D eigenvalue weighted by Crippen LogP contribution is 1.86. The second kappa shape index (κ2) is 6.57. The molecule has 5 heteroatoms. The molecule has 70 valence electrons. The fraction of sp³-hybridized carbons (Fsp3) is 0.714. The number of esters is 2. The van der Waals surface area contributed by atoms with Crippen molar-refractivity contribution >= 4 is 11.9 Å². The normalized spacial score (nSPS) is 9.17. The van der Waals surface area contributed by atoms with Crippen LogP contribution in [0.5, 0.6) is 0 Å². The van der Waals surface area contributed by atoms with Gasteiger partial charge < -0.3 is 9.47 Å². The predicted octanol–water partition coefficient (Wildman–Crippen LogP) is 0.452. The predicted molar refractivity (Wildman–Crippen MR) is 38.2 cm³/mol. The number of halogens is 1. The third-order valence-corrected chi connectivity index (χ3v) is 0.980. The molecular formula is C7H11FO4. The molecule has 0 unspecified atom stereocenters. The van der Waals surface area contributed by atoms with Gasteiger partial charge in [0, 0.05) is 6.42 Å². The van der Waals surface area contributed by atoms with Crippen LogP contribution in [0, 0.1) is 0 Å². The van der Waals surface area contributed by atoms with Gasteiger partial charge in [-0.25, -0.2) is 9.18 Å². The summed E-state index contributed by atoms with van der Waals surface area (Å²) in [5.41, 5.74) is 0. The van der Waals surface area contributed by atoms with Gasteiger partial charge in [-0.05, 0) is 0 Å². The minimum absolute atomic E-state index is 0.205. The van der Waals surface area contributed by atoms with Crippen LogP contribution in [0.4, 0.5) is 4.39 Å². The summed E-state index contributed by atoms with van der Waals surface area (Å²) in [5, 5.41) is 0. The topological polar surface area (TPSA) is 52.6 Å². The van der Waals surface area contributed by atoms with Crippen LogP contribution in [0.1, 0.15) is 13.3 Å². The summed E-state index contributed by atoms with van der Waals surface area (Å²) in [5.74, 6) is -1.21. The Kier molecular flexibility index (Phi) is 5.95. The molecular weight excluding hydrogens is 167 g/mol. The number of carbonyl (C=O) groups is 2. The zero-order valence-electron chi connectivity index (χ0n) is 6.84. The van der Waals surface area contributed by atoms with Crippen LogP contribution >= 0.6 is 0 Å². The number of rotatable bonds is 5. The first-order valence-electron chi connectivity index (χ1n) is 3.58. The second-order valence-corrected chi connectivity index (χ2v) is 1.92. The molecule has 0 aromatic heterocycles. The summed E-state index contributed by atoms with van der Waals surface area (Å²) < 4.78 is 20.1. The number of alkyl halides is 1. The minimum atomic E-state index is -0.729. The molecule has 0 atom stereocenters. The van der Waals surface area contributed by atoms with Gasteiger partial charge in [0.05, 0.1) is 0 Å². The van der Waals surface area contributed by atoms with E-state index in [-0.39, 0.29) is 13.0 Å². The van der Waals surface area contributed by atoms with Gasteiger partial charge in [0.25, 0.3) is 0 Å². The molecule has 0 aliphatic carbocycles. The highest BCUT2D eigenvalue weighted by molar-refractivity contribution is 5.76. The van der Waals surface area contributed by atoms with E-state index >= 15 is 0 Å². The Hall–Kier alpha value is -1.13. The molecule has 0 aliphatic heterocycles. The molecule has 0 aliphatic rings. The molecule has 0 fully saturated rings. The second-order valence-electron chi connectivity index (χ2n) is 1.92. The van der Waals surface area contributed by atoms with Crippen molar-refractivity contribution in [3.63, 3.8) is 0 Å². The van der Waals surface area contributed by atoms with Crippen LogP contribution in [0.25, 0.3) is 0 Å². The lowest BCUT2D eigenvalue weighted by Crippen LogP contribution is -2.16. The Balaban J connectivity index is 3.37. The lowest BCUT2D eigenvalue weighted by Gasteiger charge is -2.02. The van der Waals surface area contributed by atoms with Crippen LogP contribution in [-0.2, 0) is 19.1 Å². The summed E-state index contributed by atoms with van der Waals surface area (Å²) in [6.45, 7) is 0.151. The van der Waals surface area contributed by atoms with Crippen molar-refractivity contribution in [2.45, 2.75) is 13.3 Å². The Morgan fingerprint density at radius 2 is 1.92 bits per heavy atom. The van der Waals surface area contributed by atoms with Gasteiger partial charge in [-0.15, -0.1) is 0 Å². The van der Waals surface area contributed by atoms with E-state index in [0.717, 1.165) is 0 Å². The molecule has 4 nitrogen and oxygen atoms in total. The van der Waals surface area contributed by atoms with Crippen molar-refractivity contribution in [3.05, 3.63) is 0 Å². The first kappa shape index (κ1) is 10.9. The average Bonchev–Trinajstić information content (AvgIpc) is 2.10. The monoisotopic (exact) mass is 178 g/mol. The number of ether oxygens (including phenoxy) is 2. The van der Waals surface area contributed by atoms with E-state index in [4.69, 9.17) is 0 Å². The van der Waals surface area contributed by atoms with Crippen molar-refractivity contribution in [1.29, 1.82) is 0 Å². The standard InChI is InChI=1S/C7H11FO4/c1-2-6(9)12-5-7(10)11-4-3-8/h2-5H2,1H3. The molecule has 0 radical (unpaired) electrons. The molecule has 0 aromatic carbocycles. The van der Waals surface area contributed by atoms with Crippen molar-refractivity contribution in [3.8, 4) is 0 Å². The highest BCUT2D eigenvalue weighted by Gasteiger charge is 2.05. The Bertz CT molecular complexity index is 157. The van der Waals surface area contributed by atoms with Crippen LogP contribution in [-0.4, -0.2) is 31.8 Å². The number of hydrogen-bond acceptors (Lipinski definition) is 4. The van der Waals surface area contributed by atoms with E-state index in [9.17, 15) is 14.0 Å². The van der Waals surface area contributed by atoms with E-state index in [1.165, 1.54) is 0 Å². The third-order valence-electron chi connectivity index (χ3n) is 0.980. The molecule has 12 heavy (non-hydrogen) atoms. The zero-order valence-corrected chi connectivity index (χ0v) is 6.84. The van der Waals surface area contributed by atoms with Crippen LogP contribution in [0.2, 0.25) is 0 Å². The van der Waals surface area contributed by atoms with Crippen molar-refractivity contribution in [2.24, 2.45) is 0 Å². The summed E-state index contributed by atoms with van der Waals surface area (Å²) in [7, 11) is 0. The third kappa shape index (κ3) is 5.64. The Morgan fingerprint density at radius 3 is 2.42 bits per heavy atom. The van der Waals surface area contributed by atoms with Crippen LogP contribution in [0.15, 0.2) is 0 Å². The summed E-state index contributed by atoms with van der Waals surface area (Å²) >= 11 is 0. The van der Waals surface area contributed by atoms with E-state index in [0.29, 0.717) is 0 Å². The molecule has 0 saturated heterocycles. The lowest BCUT2D eigenvalue weighted by atomic mass is 10.5. The van der Waals surface area contributed by atoms with Gasteiger partial charge >= 0.3 is 11.9 Å². The van der Waals surface area contributed by atoms with Crippen molar-refractivity contribution in [2.75, 3.05) is 19.9 Å². The molecule has 0 N–H and O–H groups in total. The van der Waals surface area contributed by atoms with Crippen LogP contribution < -0.4 is 0 Å². The zero-order chi connectivity index (χ0) is 9.40. The Labute approximate surface area is 69.6 Å². The fourth-order valence-electron chi connectivity index (χ4n) is 0.436. The van der Waals surface area contributed by atoms with E-state index < -0.39 is 25.2 Å². The SMILES string of the molecule is CCC(=O)OCC(=O)OCCF. The molecule has 0 saturated carbocycles. The lowest BCUT2D eigenvalue weighted by molar-refractivity contribution is -0.158. The van der Waals surface area contributed by atoms with E-state index in [2.05, 4.69) is 9.47 Å². The summed E-state index contributed by atoms with van der Waals surface area (Å²) in [4.78, 5) is 21.0. The van der Waals surface area contributed by atoms with E-state index in [1.807, 2.05) is 0 Å². The van der Waals surface area contributed by atoms with Gasteiger partial charge in [0.2, 0.25) is 0 Å². The molecule has 0 aromatic rings. The van der Waals surface area contributed by atoms with Gasteiger partial charge in [-0.3, -0.25) is 4.79 Å². The largest absolute Gasteiger partial charge is 0.460 e. The maximum atomic E-state index is 11.4. The maximum absolute atomic E-state index is 11.4. The van der Waals surface area contributed by atoms with Gasteiger partial charge in [-0.1, -0.05) is 6.92 Å². The summed E-state index contributed by atoms with van der Waals surface area (Å²) in [6, 6.07) is 0. The van der Waals surface area contributed by atoms with Crippen molar-refractivity contribution in [1.82, 2.24) is 0 Å². The molecule has 0 spiro atoms. The molecule has 0 bridgehead atoms. The van der Waals surface area contributed by atoms with Crippen molar-refractivity contribution < 1.29 is 23.5 Å². The van der Waals surface area contributed by atoms with Gasteiger partial charge in [0.1, 0.15) is 13.3 Å². The minimum Gasteiger partial charge on any atom is -0.460 e. The van der Waals surface area contributed by atoms with Gasteiger partial charge in [-0.2, -0.15) is 0 Å². The fourth-order valence-corrected chi connectivity index (χ4v) is 0.436. The molecule has 0 amide bonds. The number of carbonyl (C=O) groups excluding carboxylic acids is 2. The quantitative estimate of drug-likeness (QED) is 0.573. The van der Waals surface area contributed by atoms with Gasteiger partial charge in [0.15, 0.2) is 6.61 Å². The molecule has 0 heterocycles. The first-order valence-corrected chi connectivity index (χ1v) is 3.58. The summed E-state index contributed by atoms with van der Waals surface area (Å²) in [6.07, 6.45) is 0.205. The maximum Gasteiger partial charge on any atom is 0.344 e. The highest BCUT2D eigenvalue weighted by atomic mass is 19.1. The van der Waals surface area contributed by atoms with E-state index in [1.54, 1.807) is 6.92 Å². The average molecular weight is 178 g/mol. The molecule has 0 rings (SSSR count). The Morgan fingerprint density at radius 1 is 1.25 bits per heavy atom. The van der Waals surface area contributed by atoms with Crippen LogP contribution in [0.3, 0.4) is 0 Å². The smallest absolute Gasteiger partial charge is 0.344 e. The number of hydrogen-bond donors (Lipinski definition) is 0.